The van der Waals surface area contributed by atoms with Crippen molar-refractivity contribution in [3.8, 4) is 5.75 Å². The van der Waals surface area contributed by atoms with Crippen LogP contribution in [-0.4, -0.2) is 25.7 Å². The summed E-state index contributed by atoms with van der Waals surface area (Å²) < 4.78 is 10.1. The van der Waals surface area contributed by atoms with Crippen molar-refractivity contribution in [1.29, 1.82) is 0 Å². The van der Waals surface area contributed by atoms with Crippen LogP contribution in [0.15, 0.2) is 36.4 Å². The average Bonchev–Trinajstić information content (AvgIpc) is 2.39. The first-order valence-electron chi connectivity index (χ1n) is 6.22. The zero-order chi connectivity index (χ0) is 14.3. The molecule has 4 nitrogen and oxygen atoms in total. The van der Waals surface area contributed by atoms with Crippen LogP contribution < -0.4 is 10.5 Å². The molecule has 1 unspecified atom stereocenters. The van der Waals surface area contributed by atoms with E-state index in [4.69, 9.17) is 10.5 Å². The predicted octanol–water partition coefficient (Wildman–Crippen LogP) is 2.07. The summed E-state index contributed by atoms with van der Waals surface area (Å²) in [7, 11) is 1.33. The molecule has 0 aliphatic heterocycles. The van der Waals surface area contributed by atoms with Gasteiger partial charge in [0.1, 0.15) is 11.8 Å². The van der Waals surface area contributed by atoms with Crippen LogP contribution in [0, 0.1) is 0 Å². The fraction of sp³-hybridized carbons (Fsp3) is 0.400. The van der Waals surface area contributed by atoms with Crippen molar-refractivity contribution in [2.24, 2.45) is 5.73 Å². The third-order valence-corrected chi connectivity index (χ3v) is 2.68. The van der Waals surface area contributed by atoms with E-state index < -0.39 is 12.0 Å². The number of ether oxygens (including phenoxy) is 2. The maximum absolute atomic E-state index is 11.2. The van der Waals surface area contributed by atoms with Crippen LogP contribution in [0.1, 0.15) is 18.9 Å². The molecule has 0 fully saturated rings. The summed E-state index contributed by atoms with van der Waals surface area (Å²) in [4.78, 5) is 11.2. The lowest BCUT2D eigenvalue weighted by molar-refractivity contribution is -0.142. The lowest BCUT2D eigenvalue weighted by Gasteiger charge is -2.10. The minimum Gasteiger partial charge on any atom is -0.493 e. The van der Waals surface area contributed by atoms with E-state index in [1.165, 1.54) is 7.11 Å². The largest absolute Gasteiger partial charge is 0.493 e. The molecule has 4 heteroatoms. The Morgan fingerprint density at radius 1 is 1.37 bits per heavy atom. The van der Waals surface area contributed by atoms with Gasteiger partial charge in [0.15, 0.2) is 0 Å². The predicted molar refractivity (Wildman–Crippen MR) is 75.1 cm³/mol. The van der Waals surface area contributed by atoms with Gasteiger partial charge in [-0.15, -0.1) is 6.58 Å². The molecule has 0 aromatic heterocycles. The number of carbonyl (C=O) groups excluding carboxylic acids is 1. The summed E-state index contributed by atoms with van der Waals surface area (Å²) in [6.45, 7) is 6.41. The maximum atomic E-state index is 11.2. The Bertz CT molecular complexity index is 426. The van der Waals surface area contributed by atoms with E-state index in [2.05, 4.69) is 11.3 Å². The second kappa shape index (κ2) is 7.59. The zero-order valence-corrected chi connectivity index (χ0v) is 11.5. The zero-order valence-electron chi connectivity index (χ0n) is 11.5. The number of carbonyl (C=O) groups is 1. The molecule has 104 valence electrons. The molecule has 2 N–H and O–H groups in total. The summed E-state index contributed by atoms with van der Waals surface area (Å²) in [6, 6.07) is 6.92. The van der Waals surface area contributed by atoms with Gasteiger partial charge in [-0.25, -0.2) is 0 Å². The van der Waals surface area contributed by atoms with Gasteiger partial charge in [0, 0.05) is 6.42 Å². The first kappa shape index (κ1) is 15.2. The number of methoxy groups -OCH3 is 1. The van der Waals surface area contributed by atoms with E-state index in [0.717, 1.165) is 23.3 Å². The summed E-state index contributed by atoms with van der Waals surface area (Å²) in [5.74, 6) is 0.401. The number of hydrogen-bond donors (Lipinski definition) is 1. The van der Waals surface area contributed by atoms with E-state index in [9.17, 15) is 4.79 Å². The minimum absolute atomic E-state index is 0.401. The molecule has 0 aliphatic rings. The van der Waals surface area contributed by atoms with Gasteiger partial charge in [0.2, 0.25) is 0 Å². The number of nitrogens with two attached hydrogens (primary N) is 1. The Hall–Kier alpha value is -1.81. The van der Waals surface area contributed by atoms with Crippen molar-refractivity contribution in [2.45, 2.75) is 25.8 Å². The third-order valence-electron chi connectivity index (χ3n) is 2.68. The van der Waals surface area contributed by atoms with E-state index >= 15 is 0 Å². The SMILES string of the molecule is C=C(C)CCOc1ccc(CC(N)C(=O)OC)cc1. The highest BCUT2D eigenvalue weighted by Crippen LogP contribution is 2.14. The van der Waals surface area contributed by atoms with E-state index in [1.54, 1.807) is 0 Å². The summed E-state index contributed by atoms with van der Waals surface area (Å²) in [5.41, 5.74) is 7.77. The van der Waals surface area contributed by atoms with Crippen molar-refractivity contribution in [3.05, 3.63) is 42.0 Å². The normalized spacial score (nSPS) is 11.7. The van der Waals surface area contributed by atoms with Gasteiger partial charge in [0.05, 0.1) is 13.7 Å². The van der Waals surface area contributed by atoms with Gasteiger partial charge in [-0.05, 0) is 31.0 Å². The van der Waals surface area contributed by atoms with Gasteiger partial charge in [-0.2, -0.15) is 0 Å². The monoisotopic (exact) mass is 263 g/mol. The van der Waals surface area contributed by atoms with Crippen molar-refractivity contribution in [1.82, 2.24) is 0 Å². The van der Waals surface area contributed by atoms with E-state index in [1.807, 2.05) is 31.2 Å². The van der Waals surface area contributed by atoms with Crippen molar-refractivity contribution in [2.75, 3.05) is 13.7 Å². The van der Waals surface area contributed by atoms with Crippen LogP contribution in [0.5, 0.6) is 5.75 Å². The first-order valence-corrected chi connectivity index (χ1v) is 6.22. The second-order valence-electron chi connectivity index (χ2n) is 4.53. The van der Waals surface area contributed by atoms with Crippen molar-refractivity contribution >= 4 is 5.97 Å². The molecule has 1 atom stereocenters. The number of hydrogen-bond acceptors (Lipinski definition) is 4. The lowest BCUT2D eigenvalue weighted by Crippen LogP contribution is -2.33. The fourth-order valence-electron chi connectivity index (χ4n) is 1.55. The standard InChI is InChI=1S/C15H21NO3/c1-11(2)8-9-19-13-6-4-12(5-7-13)10-14(16)15(17)18-3/h4-7,14H,1,8-10,16H2,2-3H3. The molecule has 0 radical (unpaired) electrons. The third kappa shape index (κ3) is 5.57. The van der Waals surface area contributed by atoms with Crippen LogP contribution in [-0.2, 0) is 16.0 Å². The second-order valence-corrected chi connectivity index (χ2v) is 4.53. The molecule has 0 amide bonds. The smallest absolute Gasteiger partial charge is 0.322 e. The van der Waals surface area contributed by atoms with E-state index in [-0.39, 0.29) is 0 Å². The molecule has 1 rings (SSSR count). The lowest BCUT2D eigenvalue weighted by atomic mass is 10.1. The molecule has 0 aliphatic carbocycles. The molecule has 1 aromatic rings. The van der Waals surface area contributed by atoms with E-state index in [0.29, 0.717) is 13.0 Å². The van der Waals surface area contributed by atoms with Crippen LogP contribution in [0.3, 0.4) is 0 Å². The molecule has 0 saturated heterocycles. The highest BCUT2D eigenvalue weighted by atomic mass is 16.5. The van der Waals surface area contributed by atoms with Crippen LogP contribution in [0.4, 0.5) is 0 Å². The Morgan fingerprint density at radius 2 is 2.00 bits per heavy atom. The van der Waals surface area contributed by atoms with Crippen LogP contribution in [0.2, 0.25) is 0 Å². The summed E-state index contributed by atoms with van der Waals surface area (Å²) in [6.07, 6.45) is 1.30. The number of esters is 1. The number of rotatable bonds is 7. The fourth-order valence-corrected chi connectivity index (χ4v) is 1.55. The molecule has 0 heterocycles. The molecule has 0 saturated carbocycles. The molecule has 0 bridgehead atoms. The van der Waals surface area contributed by atoms with Crippen molar-refractivity contribution < 1.29 is 14.3 Å². The van der Waals surface area contributed by atoms with Gasteiger partial charge in [-0.1, -0.05) is 17.7 Å². The topological polar surface area (TPSA) is 61.5 Å². The average molecular weight is 263 g/mol. The minimum atomic E-state index is -0.625. The Morgan fingerprint density at radius 3 is 2.53 bits per heavy atom. The molecular formula is C15H21NO3. The van der Waals surface area contributed by atoms with Gasteiger partial charge in [0.25, 0.3) is 0 Å². The molecule has 0 spiro atoms. The molecular weight excluding hydrogens is 242 g/mol. The summed E-state index contributed by atoms with van der Waals surface area (Å²) in [5, 5.41) is 0. The first-order chi connectivity index (χ1) is 9.02. The number of benzene rings is 1. The highest BCUT2D eigenvalue weighted by molar-refractivity contribution is 5.75. The van der Waals surface area contributed by atoms with Gasteiger partial charge in [-0.3, -0.25) is 4.79 Å². The van der Waals surface area contributed by atoms with Crippen LogP contribution >= 0.6 is 0 Å². The summed E-state index contributed by atoms with van der Waals surface area (Å²) >= 11 is 0. The van der Waals surface area contributed by atoms with Crippen molar-refractivity contribution in [3.63, 3.8) is 0 Å². The molecule has 1 aromatic carbocycles. The Balaban J connectivity index is 2.47. The van der Waals surface area contributed by atoms with Crippen LogP contribution in [0.25, 0.3) is 0 Å². The maximum Gasteiger partial charge on any atom is 0.322 e. The Labute approximate surface area is 114 Å². The quantitative estimate of drug-likeness (QED) is 0.604. The highest BCUT2D eigenvalue weighted by Gasteiger charge is 2.13. The van der Waals surface area contributed by atoms with Gasteiger partial charge < -0.3 is 15.2 Å². The van der Waals surface area contributed by atoms with Gasteiger partial charge >= 0.3 is 5.97 Å². The molecule has 19 heavy (non-hydrogen) atoms. The Kier molecular flexibility index (Phi) is 6.09.